The molecule has 4 aromatic rings. The second-order valence-electron chi connectivity index (χ2n) is 9.15. The molecule has 1 amide bonds. The molecule has 0 spiro atoms. The molecule has 1 fully saturated rings. The third-order valence-electron chi connectivity index (χ3n) is 6.59. The van der Waals surface area contributed by atoms with Gasteiger partial charge in [0.25, 0.3) is 5.91 Å². The first-order chi connectivity index (χ1) is 18.0. The lowest BCUT2D eigenvalue weighted by Gasteiger charge is -2.26. The van der Waals surface area contributed by atoms with E-state index >= 15 is 0 Å². The minimum Gasteiger partial charge on any atom is -0.392 e. The van der Waals surface area contributed by atoms with Crippen molar-refractivity contribution in [3.05, 3.63) is 110 Å². The maximum atomic E-state index is 13.9. The molecule has 190 valence electrons. The van der Waals surface area contributed by atoms with Gasteiger partial charge in [0.15, 0.2) is 0 Å². The molecule has 2 heterocycles. The Kier molecular flexibility index (Phi) is 7.67. The molecule has 0 saturated carbocycles. The number of aromatic amines is 1. The van der Waals surface area contributed by atoms with Crippen LogP contribution >= 0.6 is 11.6 Å². The van der Waals surface area contributed by atoms with Crippen LogP contribution in [0.15, 0.2) is 77.7 Å². The quantitative estimate of drug-likeness (QED) is 0.380. The Morgan fingerprint density at radius 3 is 2.51 bits per heavy atom. The molecule has 1 aliphatic rings. The van der Waals surface area contributed by atoms with Gasteiger partial charge in [-0.15, -0.1) is 0 Å². The number of H-pyrrole nitrogens is 1. The fourth-order valence-electron chi connectivity index (χ4n) is 4.56. The van der Waals surface area contributed by atoms with Crippen LogP contribution in [0.4, 0.5) is 5.69 Å². The van der Waals surface area contributed by atoms with Gasteiger partial charge in [-0.3, -0.25) is 14.5 Å². The van der Waals surface area contributed by atoms with Crippen LogP contribution in [-0.4, -0.2) is 47.2 Å². The minimum atomic E-state index is -0.424. The van der Waals surface area contributed by atoms with Gasteiger partial charge in [-0.2, -0.15) is 0 Å². The lowest BCUT2D eigenvalue weighted by Crippen LogP contribution is -2.35. The summed E-state index contributed by atoms with van der Waals surface area (Å²) in [7, 11) is 0. The number of hydrogen-bond donors (Lipinski definition) is 2. The highest BCUT2D eigenvalue weighted by molar-refractivity contribution is 6.30. The average molecular weight is 518 g/mol. The number of pyridine rings is 1. The number of hydrogen-bond acceptors (Lipinski definition) is 5. The van der Waals surface area contributed by atoms with Gasteiger partial charge >= 0.3 is 0 Å². The second-order valence-corrected chi connectivity index (χ2v) is 9.58. The van der Waals surface area contributed by atoms with Crippen molar-refractivity contribution in [3.63, 3.8) is 0 Å². The van der Waals surface area contributed by atoms with Crippen molar-refractivity contribution in [2.24, 2.45) is 0 Å². The van der Waals surface area contributed by atoms with E-state index in [2.05, 4.69) is 9.88 Å². The van der Waals surface area contributed by atoms with E-state index in [9.17, 15) is 14.7 Å². The fourth-order valence-corrected chi connectivity index (χ4v) is 4.69. The lowest BCUT2D eigenvalue weighted by molar-refractivity contribution is 0.0342. The Balaban J connectivity index is 1.51. The lowest BCUT2D eigenvalue weighted by atomic mass is 10.1. The maximum Gasteiger partial charge on any atom is 0.264 e. The summed E-state index contributed by atoms with van der Waals surface area (Å²) in [5.74, 6) is -0.424. The van der Waals surface area contributed by atoms with Crippen LogP contribution in [0.25, 0.3) is 10.9 Å². The molecule has 1 aliphatic heterocycles. The number of halogens is 1. The number of anilines is 1. The van der Waals surface area contributed by atoms with E-state index in [1.54, 1.807) is 41.3 Å². The number of nitrogens with zero attached hydrogens (tertiary/aromatic N) is 2. The Hall–Kier alpha value is -3.49. The van der Waals surface area contributed by atoms with Crippen molar-refractivity contribution in [1.82, 2.24) is 9.88 Å². The van der Waals surface area contributed by atoms with Gasteiger partial charge in [-0.1, -0.05) is 41.9 Å². The van der Waals surface area contributed by atoms with Crippen molar-refractivity contribution in [2.75, 3.05) is 31.2 Å². The predicted octanol–water partition coefficient (Wildman–Crippen LogP) is 4.35. The number of aliphatic hydroxyl groups excluding tert-OH is 1. The zero-order chi connectivity index (χ0) is 25.8. The number of morpholine rings is 1. The smallest absolute Gasteiger partial charge is 0.264 e. The zero-order valence-corrected chi connectivity index (χ0v) is 21.1. The molecule has 7 nitrogen and oxygen atoms in total. The Morgan fingerprint density at radius 1 is 1.00 bits per heavy atom. The SMILES string of the molecule is O=C(c1c[nH]c2ccc(CN3CCOCC3)cc2c1=O)N(Cc1ccc(Cl)cc1)c1cccc(CO)c1. The number of fused-ring (bicyclic) bond motifs is 1. The van der Waals surface area contributed by atoms with Crippen molar-refractivity contribution < 1.29 is 14.6 Å². The monoisotopic (exact) mass is 517 g/mol. The van der Waals surface area contributed by atoms with Crippen LogP contribution in [-0.2, 0) is 24.4 Å². The summed E-state index contributed by atoms with van der Waals surface area (Å²) in [6.45, 7) is 3.90. The Bertz CT molecular complexity index is 1460. The average Bonchev–Trinajstić information content (AvgIpc) is 2.93. The number of aliphatic hydroxyl groups is 1. The highest BCUT2D eigenvalue weighted by atomic mass is 35.5. The third kappa shape index (κ3) is 5.76. The molecule has 0 radical (unpaired) electrons. The third-order valence-corrected chi connectivity index (χ3v) is 6.84. The van der Waals surface area contributed by atoms with Crippen LogP contribution < -0.4 is 10.3 Å². The molecule has 2 N–H and O–H groups in total. The summed E-state index contributed by atoms with van der Waals surface area (Å²) in [6.07, 6.45) is 1.49. The van der Waals surface area contributed by atoms with Crippen LogP contribution in [0.3, 0.4) is 0 Å². The number of carbonyl (C=O) groups is 1. The molecule has 5 rings (SSSR count). The van der Waals surface area contributed by atoms with E-state index in [1.165, 1.54) is 6.20 Å². The van der Waals surface area contributed by atoms with Gasteiger partial charge in [0.1, 0.15) is 5.56 Å². The maximum absolute atomic E-state index is 13.9. The van der Waals surface area contributed by atoms with E-state index in [-0.39, 0.29) is 24.1 Å². The number of aromatic nitrogens is 1. The number of carbonyl (C=O) groups excluding carboxylic acids is 1. The molecule has 1 saturated heterocycles. The van der Waals surface area contributed by atoms with Gasteiger partial charge < -0.3 is 19.7 Å². The summed E-state index contributed by atoms with van der Waals surface area (Å²) in [6, 6.07) is 20.1. The van der Waals surface area contributed by atoms with Crippen molar-refractivity contribution in [1.29, 1.82) is 0 Å². The number of ether oxygens (including phenoxy) is 1. The first kappa shape index (κ1) is 25.2. The number of amides is 1. The van der Waals surface area contributed by atoms with Gasteiger partial charge in [-0.05, 0) is 53.1 Å². The summed E-state index contributed by atoms with van der Waals surface area (Å²) < 4.78 is 5.43. The molecule has 0 atom stereocenters. The van der Waals surface area contributed by atoms with Crippen molar-refractivity contribution >= 4 is 34.1 Å². The first-order valence-corrected chi connectivity index (χ1v) is 12.6. The molecule has 0 aliphatic carbocycles. The van der Waals surface area contributed by atoms with Crippen LogP contribution in [0.5, 0.6) is 0 Å². The fraction of sp³-hybridized carbons (Fsp3) is 0.241. The van der Waals surface area contributed by atoms with Gasteiger partial charge in [0.05, 0.1) is 26.4 Å². The Labute approximate surface area is 219 Å². The first-order valence-electron chi connectivity index (χ1n) is 12.2. The molecule has 37 heavy (non-hydrogen) atoms. The molecule has 1 aromatic heterocycles. The number of benzene rings is 3. The standard InChI is InChI=1S/C29H28ClN3O4/c30-23-7-4-20(5-8-23)18-33(24-3-1-2-22(14-24)19-34)29(36)26-16-31-27-9-6-21(15-25(27)28(26)35)17-32-10-12-37-13-11-32/h1-9,14-16,34H,10-13,17-19H2,(H,31,35). The normalized spacial score (nSPS) is 14.1. The summed E-state index contributed by atoms with van der Waals surface area (Å²) in [5, 5.41) is 10.7. The molecule has 0 unspecified atom stereocenters. The largest absolute Gasteiger partial charge is 0.392 e. The van der Waals surface area contributed by atoms with Gasteiger partial charge in [0, 0.05) is 47.4 Å². The molecule has 8 heteroatoms. The molecular weight excluding hydrogens is 490 g/mol. The zero-order valence-electron chi connectivity index (χ0n) is 20.3. The van der Waals surface area contributed by atoms with Crippen molar-refractivity contribution in [2.45, 2.75) is 19.7 Å². The highest BCUT2D eigenvalue weighted by Crippen LogP contribution is 2.23. The highest BCUT2D eigenvalue weighted by Gasteiger charge is 2.23. The minimum absolute atomic E-state index is 0.0550. The molecular formula is C29H28ClN3O4. The van der Waals surface area contributed by atoms with E-state index in [0.717, 1.165) is 24.2 Å². The van der Waals surface area contributed by atoms with E-state index in [1.807, 2.05) is 30.3 Å². The van der Waals surface area contributed by atoms with E-state index in [0.29, 0.717) is 46.9 Å². The second kappa shape index (κ2) is 11.3. The van der Waals surface area contributed by atoms with Gasteiger partial charge in [0.2, 0.25) is 5.43 Å². The number of rotatable bonds is 7. The topological polar surface area (TPSA) is 85.9 Å². The summed E-state index contributed by atoms with van der Waals surface area (Å²) >= 11 is 6.05. The Morgan fingerprint density at radius 2 is 1.76 bits per heavy atom. The summed E-state index contributed by atoms with van der Waals surface area (Å²) in [5.41, 5.74) is 3.55. The van der Waals surface area contributed by atoms with Crippen molar-refractivity contribution in [3.8, 4) is 0 Å². The van der Waals surface area contributed by atoms with Crippen LogP contribution in [0.1, 0.15) is 27.0 Å². The van der Waals surface area contributed by atoms with E-state index < -0.39 is 5.91 Å². The van der Waals surface area contributed by atoms with Gasteiger partial charge in [-0.25, -0.2) is 0 Å². The number of nitrogens with one attached hydrogen (secondary N) is 1. The molecule has 0 bridgehead atoms. The summed E-state index contributed by atoms with van der Waals surface area (Å²) in [4.78, 5) is 34.5. The van der Waals surface area contributed by atoms with E-state index in [4.69, 9.17) is 16.3 Å². The predicted molar refractivity (Wildman–Crippen MR) is 145 cm³/mol. The van der Waals surface area contributed by atoms with Crippen LogP contribution in [0, 0.1) is 0 Å². The van der Waals surface area contributed by atoms with Crippen LogP contribution in [0.2, 0.25) is 5.02 Å². The molecule has 3 aromatic carbocycles.